The van der Waals surface area contributed by atoms with Crippen molar-refractivity contribution in [3.05, 3.63) is 40.1 Å². The lowest BCUT2D eigenvalue weighted by Crippen LogP contribution is -1.84. The number of hydrogen-bond donors (Lipinski definition) is 1. The topological polar surface area (TPSA) is 33.1 Å². The van der Waals surface area contributed by atoms with E-state index >= 15 is 0 Å². The maximum absolute atomic E-state index is 12.8. The van der Waals surface area contributed by atoms with E-state index in [1.54, 1.807) is 11.4 Å². The molecule has 78 valence electrons. The molecule has 1 N–H and O–H groups in total. The van der Waals surface area contributed by atoms with Crippen LogP contribution in [0.4, 0.5) is 4.39 Å². The van der Waals surface area contributed by atoms with Crippen LogP contribution in [0.2, 0.25) is 5.02 Å². The summed E-state index contributed by atoms with van der Waals surface area (Å²) < 4.78 is 12.8. The molecule has 1 aromatic heterocycles. The highest BCUT2D eigenvalue weighted by molar-refractivity contribution is 7.13. The minimum Gasteiger partial charge on any atom is -0.390 e. The summed E-state index contributed by atoms with van der Waals surface area (Å²) in [6, 6.07) is 4.16. The van der Waals surface area contributed by atoms with E-state index in [0.717, 1.165) is 0 Å². The van der Waals surface area contributed by atoms with Crippen LogP contribution in [0.5, 0.6) is 0 Å². The number of aliphatic hydroxyl groups is 1. The molecule has 0 fully saturated rings. The van der Waals surface area contributed by atoms with Gasteiger partial charge in [0, 0.05) is 10.9 Å². The zero-order chi connectivity index (χ0) is 10.8. The Morgan fingerprint density at radius 2 is 2.27 bits per heavy atom. The van der Waals surface area contributed by atoms with Crippen LogP contribution in [0.15, 0.2) is 23.6 Å². The Morgan fingerprint density at radius 1 is 1.47 bits per heavy atom. The van der Waals surface area contributed by atoms with Gasteiger partial charge in [0.1, 0.15) is 10.8 Å². The maximum Gasteiger partial charge on any atom is 0.125 e. The normalized spacial score (nSPS) is 10.6. The molecule has 0 radical (unpaired) electrons. The highest BCUT2D eigenvalue weighted by atomic mass is 35.5. The van der Waals surface area contributed by atoms with Gasteiger partial charge in [-0.25, -0.2) is 9.37 Å². The molecule has 2 aromatic rings. The van der Waals surface area contributed by atoms with E-state index in [2.05, 4.69) is 4.98 Å². The Kier molecular flexibility index (Phi) is 3.00. The number of rotatable bonds is 2. The fourth-order valence-corrected chi connectivity index (χ4v) is 2.33. The number of nitrogens with zero attached hydrogens (tertiary/aromatic N) is 1. The molecule has 0 amide bonds. The van der Waals surface area contributed by atoms with E-state index < -0.39 is 0 Å². The number of halogens is 2. The molecule has 0 spiro atoms. The predicted octanol–water partition coefficient (Wildman–Crippen LogP) is 3.09. The Labute approximate surface area is 95.0 Å². The number of aromatic nitrogens is 1. The van der Waals surface area contributed by atoms with Crippen LogP contribution in [0.25, 0.3) is 10.6 Å². The molecule has 5 heteroatoms. The second-order valence-electron chi connectivity index (χ2n) is 2.93. The van der Waals surface area contributed by atoms with Gasteiger partial charge in [0.2, 0.25) is 0 Å². The zero-order valence-corrected chi connectivity index (χ0v) is 9.15. The molecule has 15 heavy (non-hydrogen) atoms. The first kappa shape index (κ1) is 10.5. The van der Waals surface area contributed by atoms with Gasteiger partial charge in [-0.05, 0) is 18.2 Å². The van der Waals surface area contributed by atoms with Crippen LogP contribution in [-0.2, 0) is 6.61 Å². The number of hydrogen-bond acceptors (Lipinski definition) is 3. The zero-order valence-electron chi connectivity index (χ0n) is 7.58. The molecule has 0 saturated heterocycles. The van der Waals surface area contributed by atoms with Crippen LogP contribution in [0.3, 0.4) is 0 Å². The number of benzene rings is 1. The SMILES string of the molecule is OCc1csc(-c2ccc(F)cc2Cl)n1. The summed E-state index contributed by atoms with van der Waals surface area (Å²) >= 11 is 7.25. The Bertz CT molecular complexity index is 486. The van der Waals surface area contributed by atoms with Crippen molar-refractivity contribution in [1.29, 1.82) is 0 Å². The molecule has 0 atom stereocenters. The van der Waals surface area contributed by atoms with Crippen molar-refractivity contribution in [3.63, 3.8) is 0 Å². The third kappa shape index (κ3) is 2.17. The molecule has 0 aliphatic carbocycles. The van der Waals surface area contributed by atoms with Gasteiger partial charge in [0.05, 0.1) is 17.3 Å². The second kappa shape index (κ2) is 4.26. The second-order valence-corrected chi connectivity index (χ2v) is 4.19. The lowest BCUT2D eigenvalue weighted by atomic mass is 10.2. The summed E-state index contributed by atoms with van der Waals surface area (Å²) in [6.45, 7) is -0.102. The van der Waals surface area contributed by atoms with Crippen LogP contribution in [0.1, 0.15) is 5.69 Å². The summed E-state index contributed by atoms with van der Waals surface area (Å²) in [7, 11) is 0. The van der Waals surface area contributed by atoms with Crippen LogP contribution < -0.4 is 0 Å². The van der Waals surface area contributed by atoms with Gasteiger partial charge in [-0.3, -0.25) is 0 Å². The highest BCUT2D eigenvalue weighted by Crippen LogP contribution is 2.30. The standard InChI is InChI=1S/C10H7ClFNOS/c11-9-3-6(12)1-2-8(9)10-13-7(4-14)5-15-10/h1-3,5,14H,4H2. The van der Waals surface area contributed by atoms with E-state index in [1.165, 1.54) is 23.5 Å². The van der Waals surface area contributed by atoms with Crippen molar-refractivity contribution in [2.24, 2.45) is 0 Å². The predicted molar refractivity (Wildman–Crippen MR) is 58.4 cm³/mol. The van der Waals surface area contributed by atoms with Gasteiger partial charge < -0.3 is 5.11 Å². The maximum atomic E-state index is 12.8. The minimum absolute atomic E-state index is 0.102. The van der Waals surface area contributed by atoms with Gasteiger partial charge >= 0.3 is 0 Å². The third-order valence-electron chi connectivity index (χ3n) is 1.88. The first-order chi connectivity index (χ1) is 7.20. The molecular formula is C10H7ClFNOS. The summed E-state index contributed by atoms with van der Waals surface area (Å²) in [5.74, 6) is -0.373. The van der Waals surface area contributed by atoms with Crippen molar-refractivity contribution in [2.75, 3.05) is 0 Å². The molecule has 2 rings (SSSR count). The largest absolute Gasteiger partial charge is 0.390 e. The number of thiazole rings is 1. The van der Waals surface area contributed by atoms with Crippen molar-refractivity contribution in [3.8, 4) is 10.6 Å². The lowest BCUT2D eigenvalue weighted by Gasteiger charge is -1.99. The average molecular weight is 244 g/mol. The molecule has 0 aliphatic heterocycles. The molecule has 0 saturated carbocycles. The average Bonchev–Trinajstić information content (AvgIpc) is 2.66. The highest BCUT2D eigenvalue weighted by Gasteiger charge is 2.08. The first-order valence-electron chi connectivity index (χ1n) is 4.21. The van der Waals surface area contributed by atoms with Gasteiger partial charge in [-0.1, -0.05) is 11.6 Å². The van der Waals surface area contributed by atoms with Crippen molar-refractivity contribution in [2.45, 2.75) is 6.61 Å². The molecular weight excluding hydrogens is 237 g/mol. The van der Waals surface area contributed by atoms with Crippen LogP contribution >= 0.6 is 22.9 Å². The Morgan fingerprint density at radius 3 is 2.87 bits per heavy atom. The van der Waals surface area contributed by atoms with E-state index in [1.807, 2.05) is 0 Å². The van der Waals surface area contributed by atoms with Gasteiger partial charge in [-0.2, -0.15) is 0 Å². The minimum atomic E-state index is -0.373. The lowest BCUT2D eigenvalue weighted by molar-refractivity contribution is 0.278. The third-order valence-corrected chi connectivity index (χ3v) is 3.11. The van der Waals surface area contributed by atoms with E-state index in [-0.39, 0.29) is 12.4 Å². The first-order valence-corrected chi connectivity index (χ1v) is 5.47. The fourth-order valence-electron chi connectivity index (χ4n) is 1.17. The van der Waals surface area contributed by atoms with Crippen LogP contribution in [0, 0.1) is 5.82 Å². The van der Waals surface area contributed by atoms with Crippen LogP contribution in [-0.4, -0.2) is 10.1 Å². The fraction of sp³-hybridized carbons (Fsp3) is 0.100. The summed E-state index contributed by atoms with van der Waals surface area (Å²) in [4.78, 5) is 4.15. The van der Waals surface area contributed by atoms with Crippen molar-refractivity contribution < 1.29 is 9.50 Å². The monoisotopic (exact) mass is 243 g/mol. The molecule has 1 aromatic carbocycles. The smallest absolute Gasteiger partial charge is 0.125 e. The summed E-state index contributed by atoms with van der Waals surface area (Å²) in [6.07, 6.45) is 0. The summed E-state index contributed by atoms with van der Waals surface area (Å²) in [5, 5.41) is 11.6. The van der Waals surface area contributed by atoms with Crippen molar-refractivity contribution in [1.82, 2.24) is 4.98 Å². The summed E-state index contributed by atoms with van der Waals surface area (Å²) in [5.41, 5.74) is 1.28. The Hall–Kier alpha value is -0.970. The molecule has 0 unspecified atom stereocenters. The molecule has 0 aliphatic rings. The number of aliphatic hydroxyl groups excluding tert-OH is 1. The van der Waals surface area contributed by atoms with E-state index in [9.17, 15) is 4.39 Å². The molecule has 2 nitrogen and oxygen atoms in total. The van der Waals surface area contributed by atoms with Gasteiger partial charge in [0.25, 0.3) is 0 Å². The van der Waals surface area contributed by atoms with E-state index in [0.29, 0.717) is 21.3 Å². The van der Waals surface area contributed by atoms with Crippen molar-refractivity contribution >= 4 is 22.9 Å². The van der Waals surface area contributed by atoms with E-state index in [4.69, 9.17) is 16.7 Å². The van der Waals surface area contributed by atoms with Gasteiger partial charge in [-0.15, -0.1) is 11.3 Å². The molecule has 0 bridgehead atoms. The van der Waals surface area contributed by atoms with Gasteiger partial charge in [0.15, 0.2) is 0 Å². The quantitative estimate of drug-likeness (QED) is 0.879. The molecule has 1 heterocycles. The Balaban J connectivity index is 2.44.